The molecule has 0 aliphatic rings. The minimum Gasteiger partial charge on any atom is -0.489 e. The van der Waals surface area contributed by atoms with Crippen LogP contribution in [0.15, 0.2) is 36.7 Å². The van der Waals surface area contributed by atoms with Gasteiger partial charge in [-0.2, -0.15) is 5.10 Å². The van der Waals surface area contributed by atoms with Crippen LogP contribution in [0.25, 0.3) is 0 Å². The molecule has 1 heterocycles. The molecule has 21 heavy (non-hydrogen) atoms. The van der Waals surface area contributed by atoms with E-state index in [0.717, 1.165) is 0 Å². The summed E-state index contributed by atoms with van der Waals surface area (Å²) in [6.45, 7) is 4.79. The Bertz CT molecular complexity index is 612. The van der Waals surface area contributed by atoms with Crippen LogP contribution in [0.1, 0.15) is 24.2 Å². The van der Waals surface area contributed by atoms with Gasteiger partial charge in [0.1, 0.15) is 17.7 Å². The number of rotatable bonds is 6. The largest absolute Gasteiger partial charge is 0.489 e. The van der Waals surface area contributed by atoms with Gasteiger partial charge in [0, 0.05) is 18.8 Å². The van der Waals surface area contributed by atoms with E-state index < -0.39 is 0 Å². The maximum Gasteiger partial charge on any atom is 0.254 e. The SMILES string of the molecule is CCn1cc(C(=O)NCC(C)Oc2cccc(F)c2)cn1. The van der Waals surface area contributed by atoms with Gasteiger partial charge in [-0.25, -0.2) is 4.39 Å². The predicted octanol–water partition coefficient (Wildman–Crippen LogP) is 2.24. The van der Waals surface area contributed by atoms with Crippen molar-refractivity contribution >= 4 is 5.91 Å². The third-order valence-electron chi connectivity index (χ3n) is 2.90. The molecule has 1 aromatic carbocycles. The molecule has 1 atom stereocenters. The summed E-state index contributed by atoms with van der Waals surface area (Å²) >= 11 is 0. The molecule has 0 spiro atoms. The highest BCUT2D eigenvalue weighted by Crippen LogP contribution is 2.13. The van der Waals surface area contributed by atoms with E-state index >= 15 is 0 Å². The van der Waals surface area contributed by atoms with E-state index in [1.807, 2.05) is 6.92 Å². The van der Waals surface area contributed by atoms with Crippen molar-refractivity contribution in [1.29, 1.82) is 0 Å². The van der Waals surface area contributed by atoms with Crippen LogP contribution < -0.4 is 10.1 Å². The van der Waals surface area contributed by atoms with E-state index in [1.54, 1.807) is 29.9 Å². The highest BCUT2D eigenvalue weighted by atomic mass is 19.1. The van der Waals surface area contributed by atoms with Gasteiger partial charge in [0.05, 0.1) is 18.3 Å². The Kier molecular flexibility index (Phi) is 4.92. The fourth-order valence-electron chi connectivity index (χ4n) is 1.81. The van der Waals surface area contributed by atoms with Crippen molar-refractivity contribution in [2.75, 3.05) is 6.54 Å². The third kappa shape index (κ3) is 4.30. The predicted molar refractivity (Wildman–Crippen MR) is 76.7 cm³/mol. The molecular formula is C15H18FN3O2. The number of nitrogens with zero attached hydrogens (tertiary/aromatic N) is 2. The Morgan fingerprint density at radius 1 is 1.52 bits per heavy atom. The van der Waals surface area contributed by atoms with Crippen LogP contribution in [0, 0.1) is 5.82 Å². The number of hydrogen-bond acceptors (Lipinski definition) is 3. The van der Waals surface area contributed by atoms with Gasteiger partial charge in [0.2, 0.25) is 0 Å². The summed E-state index contributed by atoms with van der Waals surface area (Å²) in [6.07, 6.45) is 2.95. The van der Waals surface area contributed by atoms with Gasteiger partial charge < -0.3 is 10.1 Å². The van der Waals surface area contributed by atoms with Gasteiger partial charge in [-0.05, 0) is 26.0 Å². The molecule has 0 aliphatic carbocycles. The van der Waals surface area contributed by atoms with Gasteiger partial charge >= 0.3 is 0 Å². The number of halogens is 1. The number of nitrogens with one attached hydrogen (secondary N) is 1. The lowest BCUT2D eigenvalue weighted by Gasteiger charge is -2.15. The summed E-state index contributed by atoms with van der Waals surface area (Å²) in [4.78, 5) is 11.9. The Labute approximate surface area is 122 Å². The average Bonchev–Trinajstić information content (AvgIpc) is 2.94. The maximum absolute atomic E-state index is 13.0. The van der Waals surface area contributed by atoms with E-state index in [4.69, 9.17) is 4.74 Å². The van der Waals surface area contributed by atoms with E-state index in [0.29, 0.717) is 24.4 Å². The van der Waals surface area contributed by atoms with Crippen molar-refractivity contribution in [2.24, 2.45) is 0 Å². The summed E-state index contributed by atoms with van der Waals surface area (Å²) < 4.78 is 20.2. The molecule has 1 unspecified atom stereocenters. The highest BCUT2D eigenvalue weighted by Gasteiger charge is 2.11. The number of amides is 1. The Hall–Kier alpha value is -2.37. The lowest BCUT2D eigenvalue weighted by molar-refractivity contribution is 0.0932. The van der Waals surface area contributed by atoms with Crippen molar-refractivity contribution in [1.82, 2.24) is 15.1 Å². The number of aryl methyl sites for hydroxylation is 1. The molecule has 2 rings (SSSR count). The number of benzene rings is 1. The maximum atomic E-state index is 13.0. The summed E-state index contributed by atoms with van der Waals surface area (Å²) in [5.41, 5.74) is 0.509. The topological polar surface area (TPSA) is 56.2 Å². The molecule has 2 aromatic rings. The third-order valence-corrected chi connectivity index (χ3v) is 2.90. The van der Waals surface area contributed by atoms with Gasteiger partial charge in [0.15, 0.2) is 0 Å². The van der Waals surface area contributed by atoms with E-state index in [9.17, 15) is 9.18 Å². The van der Waals surface area contributed by atoms with Crippen molar-refractivity contribution in [3.63, 3.8) is 0 Å². The molecule has 6 heteroatoms. The van der Waals surface area contributed by atoms with Crippen molar-refractivity contribution < 1.29 is 13.9 Å². The quantitative estimate of drug-likeness (QED) is 0.888. The molecule has 112 valence electrons. The average molecular weight is 291 g/mol. The number of carbonyl (C=O) groups is 1. The molecule has 0 aliphatic heterocycles. The minimum atomic E-state index is -0.351. The summed E-state index contributed by atoms with van der Waals surface area (Å²) in [5.74, 6) is -0.115. The lowest BCUT2D eigenvalue weighted by Crippen LogP contribution is -2.33. The normalized spacial score (nSPS) is 12.0. The van der Waals surface area contributed by atoms with Gasteiger partial charge in [-0.15, -0.1) is 0 Å². The van der Waals surface area contributed by atoms with E-state index in [-0.39, 0.29) is 17.8 Å². The number of ether oxygens (including phenoxy) is 1. The molecule has 0 fully saturated rings. The minimum absolute atomic E-state index is 0.204. The lowest BCUT2D eigenvalue weighted by atomic mass is 10.3. The smallest absolute Gasteiger partial charge is 0.254 e. The standard InChI is InChI=1S/C15H18FN3O2/c1-3-19-10-12(9-18-19)15(20)17-8-11(2)21-14-6-4-5-13(16)7-14/h4-7,9-11H,3,8H2,1-2H3,(H,17,20). The molecule has 1 aromatic heterocycles. The van der Waals surface area contributed by atoms with Crippen LogP contribution in [-0.2, 0) is 6.54 Å². The number of carbonyl (C=O) groups excluding carboxylic acids is 1. The highest BCUT2D eigenvalue weighted by molar-refractivity contribution is 5.93. The molecular weight excluding hydrogens is 273 g/mol. The second-order valence-corrected chi connectivity index (χ2v) is 4.68. The van der Waals surface area contributed by atoms with Gasteiger partial charge in [-0.3, -0.25) is 9.48 Å². The van der Waals surface area contributed by atoms with Crippen LogP contribution in [0.4, 0.5) is 4.39 Å². The monoisotopic (exact) mass is 291 g/mol. The van der Waals surface area contributed by atoms with Crippen molar-refractivity contribution in [2.45, 2.75) is 26.5 Å². The summed E-state index contributed by atoms with van der Waals surface area (Å²) in [6, 6.07) is 5.91. The Morgan fingerprint density at radius 3 is 3.00 bits per heavy atom. The molecule has 0 radical (unpaired) electrons. The van der Waals surface area contributed by atoms with Crippen LogP contribution in [0.5, 0.6) is 5.75 Å². The first-order chi connectivity index (χ1) is 10.1. The van der Waals surface area contributed by atoms with Crippen LogP contribution in [-0.4, -0.2) is 28.3 Å². The molecule has 1 amide bonds. The zero-order valence-electron chi connectivity index (χ0n) is 12.0. The first-order valence-corrected chi connectivity index (χ1v) is 6.81. The molecule has 1 N–H and O–H groups in total. The molecule has 0 saturated heterocycles. The molecule has 0 bridgehead atoms. The Morgan fingerprint density at radius 2 is 2.33 bits per heavy atom. The van der Waals surface area contributed by atoms with E-state index in [1.165, 1.54) is 18.3 Å². The second-order valence-electron chi connectivity index (χ2n) is 4.68. The van der Waals surface area contributed by atoms with Gasteiger partial charge in [0.25, 0.3) is 5.91 Å². The van der Waals surface area contributed by atoms with Crippen LogP contribution in [0.3, 0.4) is 0 Å². The fourth-order valence-corrected chi connectivity index (χ4v) is 1.81. The summed E-state index contributed by atoms with van der Waals surface area (Å²) in [5, 5.41) is 6.80. The Balaban J connectivity index is 1.83. The molecule has 5 nitrogen and oxygen atoms in total. The summed E-state index contributed by atoms with van der Waals surface area (Å²) in [7, 11) is 0. The first-order valence-electron chi connectivity index (χ1n) is 6.81. The molecule has 0 saturated carbocycles. The first kappa shape index (κ1) is 15.0. The number of hydrogen-bond donors (Lipinski definition) is 1. The van der Waals surface area contributed by atoms with Crippen molar-refractivity contribution in [3.8, 4) is 5.75 Å². The van der Waals surface area contributed by atoms with Crippen LogP contribution in [0.2, 0.25) is 0 Å². The van der Waals surface area contributed by atoms with Crippen molar-refractivity contribution in [3.05, 3.63) is 48.0 Å². The second kappa shape index (κ2) is 6.88. The van der Waals surface area contributed by atoms with Gasteiger partial charge in [-0.1, -0.05) is 6.07 Å². The zero-order chi connectivity index (χ0) is 15.2. The fraction of sp³-hybridized carbons (Fsp3) is 0.333. The zero-order valence-corrected chi connectivity index (χ0v) is 12.0. The number of aromatic nitrogens is 2. The van der Waals surface area contributed by atoms with E-state index in [2.05, 4.69) is 10.4 Å². The van der Waals surface area contributed by atoms with Crippen LogP contribution >= 0.6 is 0 Å².